The number of aromatic amines is 1. The molecular formula is C19H14BrN5O2. The van der Waals surface area contributed by atoms with Crippen LogP contribution in [0.15, 0.2) is 69.3 Å². The lowest BCUT2D eigenvalue weighted by atomic mass is 10.1. The monoisotopic (exact) mass is 423 g/mol. The second-order valence-electron chi connectivity index (χ2n) is 5.93. The van der Waals surface area contributed by atoms with Crippen molar-refractivity contribution in [3.05, 3.63) is 64.8 Å². The fraction of sp³-hybridized carbons (Fsp3) is 0.0526. The molecule has 0 saturated carbocycles. The predicted octanol–water partition coefficient (Wildman–Crippen LogP) is 4.96. The van der Waals surface area contributed by atoms with Crippen molar-refractivity contribution in [2.45, 2.75) is 0 Å². The number of nitrogens with zero attached hydrogens (tertiary/aromatic N) is 4. The summed E-state index contributed by atoms with van der Waals surface area (Å²) in [6.07, 6.45) is 0. The number of nitrogens with one attached hydrogen (secondary N) is 1. The summed E-state index contributed by atoms with van der Waals surface area (Å²) < 4.78 is 2.43. The Morgan fingerprint density at radius 2 is 1.96 bits per heavy atom. The van der Waals surface area contributed by atoms with Gasteiger partial charge in [0.1, 0.15) is 5.69 Å². The van der Waals surface area contributed by atoms with E-state index in [9.17, 15) is 9.90 Å². The summed E-state index contributed by atoms with van der Waals surface area (Å²) in [6, 6.07) is 16.7. The van der Waals surface area contributed by atoms with Crippen molar-refractivity contribution in [1.82, 2.24) is 14.8 Å². The quantitative estimate of drug-likeness (QED) is 0.455. The van der Waals surface area contributed by atoms with Crippen LogP contribution in [-0.2, 0) is 7.05 Å². The number of halogens is 1. The number of benzene rings is 2. The van der Waals surface area contributed by atoms with E-state index >= 15 is 0 Å². The van der Waals surface area contributed by atoms with E-state index < -0.39 is 5.91 Å². The Morgan fingerprint density at radius 1 is 1.19 bits per heavy atom. The van der Waals surface area contributed by atoms with Crippen molar-refractivity contribution in [1.29, 1.82) is 0 Å². The lowest BCUT2D eigenvalue weighted by molar-refractivity contribution is 0.0990. The number of aromatic nitrogens is 3. The van der Waals surface area contributed by atoms with Gasteiger partial charge < -0.3 is 9.67 Å². The highest BCUT2D eigenvalue weighted by Gasteiger charge is 2.16. The maximum Gasteiger partial charge on any atom is 0.313 e. The molecule has 7 nitrogen and oxygen atoms in total. The molecule has 0 radical (unpaired) electrons. The number of azo groups is 1. The minimum atomic E-state index is -0.573. The molecule has 0 aliphatic carbocycles. The Balaban J connectivity index is 1.65. The number of hydrogen-bond acceptors (Lipinski definition) is 4. The zero-order valence-electron chi connectivity index (χ0n) is 14.2. The first-order chi connectivity index (χ1) is 13.0. The Labute approximate surface area is 162 Å². The molecule has 4 rings (SSSR count). The Bertz CT molecular complexity index is 1180. The number of rotatable bonds is 3. The van der Waals surface area contributed by atoms with E-state index in [0.717, 1.165) is 15.6 Å². The molecule has 0 saturated heterocycles. The zero-order valence-corrected chi connectivity index (χ0v) is 15.8. The smallest absolute Gasteiger partial charge is 0.313 e. The van der Waals surface area contributed by atoms with E-state index in [1.807, 2.05) is 48.5 Å². The highest BCUT2D eigenvalue weighted by atomic mass is 79.9. The van der Waals surface area contributed by atoms with Gasteiger partial charge in [-0.3, -0.25) is 9.89 Å². The molecule has 0 atom stereocenters. The fourth-order valence-corrected chi connectivity index (χ4v) is 3.18. The van der Waals surface area contributed by atoms with Crippen molar-refractivity contribution >= 4 is 38.4 Å². The third kappa shape index (κ3) is 3.15. The molecule has 2 heterocycles. The summed E-state index contributed by atoms with van der Waals surface area (Å²) >= 11 is 3.40. The lowest BCUT2D eigenvalue weighted by Crippen LogP contribution is -1.93. The average molecular weight is 424 g/mol. The Hall–Kier alpha value is -3.26. The number of carbonyl (C=O) groups is 1. The number of aryl methyl sites for hydroxylation is 1. The van der Waals surface area contributed by atoms with Crippen molar-refractivity contribution in [3.63, 3.8) is 0 Å². The number of aromatic hydroxyl groups is 1. The van der Waals surface area contributed by atoms with E-state index in [-0.39, 0.29) is 17.3 Å². The molecule has 1 amide bonds. The van der Waals surface area contributed by atoms with Crippen molar-refractivity contribution in [2.24, 2.45) is 17.3 Å². The molecule has 134 valence electrons. The van der Waals surface area contributed by atoms with Crippen LogP contribution in [0.5, 0.6) is 5.88 Å². The van der Waals surface area contributed by atoms with Crippen LogP contribution >= 0.6 is 15.9 Å². The molecule has 0 aliphatic rings. The maximum atomic E-state index is 12.4. The van der Waals surface area contributed by atoms with Crippen LogP contribution < -0.4 is 0 Å². The predicted molar refractivity (Wildman–Crippen MR) is 105 cm³/mol. The molecule has 0 bridgehead atoms. The highest BCUT2D eigenvalue weighted by molar-refractivity contribution is 9.10. The highest BCUT2D eigenvalue weighted by Crippen LogP contribution is 2.39. The van der Waals surface area contributed by atoms with Gasteiger partial charge in [-0.25, -0.2) is 0 Å². The molecule has 0 spiro atoms. The second-order valence-corrected chi connectivity index (χ2v) is 6.85. The fourth-order valence-electron chi connectivity index (χ4n) is 2.82. The van der Waals surface area contributed by atoms with Crippen LogP contribution in [-0.4, -0.2) is 25.8 Å². The summed E-state index contributed by atoms with van der Waals surface area (Å²) in [5.74, 6) is -0.634. The topological polar surface area (TPSA) is 95.6 Å². The molecule has 2 aromatic heterocycles. The summed E-state index contributed by atoms with van der Waals surface area (Å²) in [5.41, 5.74) is 2.78. The van der Waals surface area contributed by atoms with Crippen LogP contribution in [0, 0.1) is 0 Å². The van der Waals surface area contributed by atoms with Gasteiger partial charge in [-0.05, 0) is 24.3 Å². The minimum Gasteiger partial charge on any atom is -0.493 e. The number of fused-ring (bicyclic) bond motifs is 1. The molecule has 2 N–H and O–H groups in total. The van der Waals surface area contributed by atoms with Gasteiger partial charge in [0.15, 0.2) is 5.69 Å². The van der Waals surface area contributed by atoms with Gasteiger partial charge in [0, 0.05) is 22.5 Å². The first-order valence-electron chi connectivity index (χ1n) is 8.08. The molecule has 8 heteroatoms. The molecule has 0 aliphatic heterocycles. The van der Waals surface area contributed by atoms with E-state index in [2.05, 4.69) is 36.4 Å². The molecule has 27 heavy (non-hydrogen) atoms. The Kier molecular flexibility index (Phi) is 4.33. The van der Waals surface area contributed by atoms with Gasteiger partial charge in [0.25, 0.3) is 0 Å². The molecular weight excluding hydrogens is 410 g/mol. The van der Waals surface area contributed by atoms with Crippen LogP contribution in [0.2, 0.25) is 0 Å². The standard InChI is InChI=1S/C19H14BrN5O2/c1-25-16-8-7-12(20)9-13(16)17(19(25)27)23-24-18(26)15-10-14(21-22-15)11-5-3-2-4-6-11/h2-10,27H,1H3,(H,21,22). The molecule has 4 aromatic rings. The van der Waals surface area contributed by atoms with Gasteiger partial charge in [-0.2, -0.15) is 5.10 Å². The number of carbonyl (C=O) groups excluding carboxylic acids is 1. The van der Waals surface area contributed by atoms with Crippen LogP contribution in [0.25, 0.3) is 22.2 Å². The normalized spacial score (nSPS) is 11.5. The van der Waals surface area contributed by atoms with Crippen molar-refractivity contribution < 1.29 is 9.90 Å². The van der Waals surface area contributed by atoms with E-state index in [4.69, 9.17) is 0 Å². The molecule has 2 aromatic carbocycles. The summed E-state index contributed by atoms with van der Waals surface area (Å²) in [4.78, 5) is 12.4. The van der Waals surface area contributed by atoms with E-state index in [0.29, 0.717) is 11.1 Å². The first-order valence-corrected chi connectivity index (χ1v) is 8.87. The number of H-pyrrole nitrogens is 1. The van der Waals surface area contributed by atoms with E-state index in [1.165, 1.54) is 0 Å². The zero-order chi connectivity index (χ0) is 19.0. The Morgan fingerprint density at radius 3 is 2.74 bits per heavy atom. The van der Waals surface area contributed by atoms with Gasteiger partial charge in [-0.1, -0.05) is 46.3 Å². The number of amides is 1. The van der Waals surface area contributed by atoms with Gasteiger partial charge in [0.2, 0.25) is 5.88 Å². The van der Waals surface area contributed by atoms with Crippen molar-refractivity contribution in [2.75, 3.05) is 0 Å². The first kappa shape index (κ1) is 17.2. The second kappa shape index (κ2) is 6.81. The van der Waals surface area contributed by atoms with Crippen LogP contribution in [0.3, 0.4) is 0 Å². The van der Waals surface area contributed by atoms with Gasteiger partial charge >= 0.3 is 5.91 Å². The third-order valence-corrected chi connectivity index (χ3v) is 4.72. The lowest BCUT2D eigenvalue weighted by Gasteiger charge is -1.96. The maximum absolute atomic E-state index is 12.4. The van der Waals surface area contributed by atoms with Crippen LogP contribution in [0.1, 0.15) is 10.5 Å². The van der Waals surface area contributed by atoms with Gasteiger partial charge in [-0.15, -0.1) is 10.2 Å². The SMILES string of the molecule is Cn1c(O)c(N=NC(=O)c2cc(-c3ccccc3)n[nH]2)c2cc(Br)ccc21. The summed E-state index contributed by atoms with van der Waals surface area (Å²) in [7, 11) is 1.72. The summed E-state index contributed by atoms with van der Waals surface area (Å²) in [6.45, 7) is 0. The van der Waals surface area contributed by atoms with E-state index in [1.54, 1.807) is 17.7 Å². The largest absolute Gasteiger partial charge is 0.493 e. The summed E-state index contributed by atoms with van der Waals surface area (Å²) in [5, 5.41) is 25.6. The van der Waals surface area contributed by atoms with Crippen molar-refractivity contribution in [3.8, 4) is 17.1 Å². The molecule has 0 fully saturated rings. The van der Waals surface area contributed by atoms with Crippen LogP contribution in [0.4, 0.5) is 5.69 Å². The third-order valence-electron chi connectivity index (χ3n) is 4.22. The number of hydrogen-bond donors (Lipinski definition) is 2. The molecule has 0 unspecified atom stereocenters. The average Bonchev–Trinajstić information content (AvgIpc) is 3.26. The minimum absolute atomic E-state index is 0.0609. The van der Waals surface area contributed by atoms with Gasteiger partial charge in [0.05, 0.1) is 11.2 Å².